The van der Waals surface area contributed by atoms with E-state index in [2.05, 4.69) is 12.2 Å². The Morgan fingerprint density at radius 1 is 1.19 bits per heavy atom. The predicted molar refractivity (Wildman–Crippen MR) is 84.1 cm³/mol. The molecule has 0 aliphatic carbocycles. The van der Waals surface area contributed by atoms with Crippen molar-refractivity contribution in [1.29, 1.82) is 0 Å². The van der Waals surface area contributed by atoms with Gasteiger partial charge in [0, 0.05) is 18.5 Å². The summed E-state index contributed by atoms with van der Waals surface area (Å²) in [5.41, 5.74) is 1.97. The van der Waals surface area contributed by atoms with Crippen LogP contribution in [0.25, 0.3) is 0 Å². The first-order valence-electron chi connectivity index (χ1n) is 7.56. The van der Waals surface area contributed by atoms with Crippen molar-refractivity contribution >= 4 is 17.6 Å². The molecule has 0 spiro atoms. The summed E-state index contributed by atoms with van der Waals surface area (Å²) in [6.07, 6.45) is 2.00. The number of benzene rings is 1. The van der Waals surface area contributed by atoms with Crippen LogP contribution in [-0.2, 0) is 20.7 Å². The monoisotopic (exact) mass is 291 g/mol. The first kappa shape index (κ1) is 17.2. The second-order valence-electron chi connectivity index (χ2n) is 5.49. The average Bonchev–Trinajstić information content (AvgIpc) is 2.45. The van der Waals surface area contributed by atoms with Crippen molar-refractivity contribution in [2.24, 2.45) is 5.92 Å². The topological polar surface area (TPSA) is 55.4 Å². The highest BCUT2D eigenvalue weighted by Gasteiger charge is 2.08. The summed E-state index contributed by atoms with van der Waals surface area (Å²) in [5, 5.41) is 2.89. The minimum absolute atomic E-state index is 0.0624. The van der Waals surface area contributed by atoms with E-state index < -0.39 is 0 Å². The minimum atomic E-state index is -0.231. The number of para-hydroxylation sites is 1. The molecule has 4 nitrogen and oxygen atoms in total. The molecule has 0 unspecified atom stereocenters. The average molecular weight is 291 g/mol. The number of esters is 1. The molecule has 0 atom stereocenters. The molecular weight excluding hydrogens is 266 g/mol. The van der Waals surface area contributed by atoms with E-state index in [1.54, 1.807) is 0 Å². The highest BCUT2D eigenvalue weighted by molar-refractivity contribution is 5.91. The summed E-state index contributed by atoms with van der Waals surface area (Å²) in [6.45, 7) is 6.47. The van der Waals surface area contributed by atoms with Crippen LogP contribution in [0.15, 0.2) is 24.3 Å². The molecular formula is C17H25NO3. The second-order valence-corrected chi connectivity index (χ2v) is 5.49. The molecule has 116 valence electrons. The Labute approximate surface area is 126 Å². The van der Waals surface area contributed by atoms with Crippen LogP contribution in [0.1, 0.15) is 45.6 Å². The summed E-state index contributed by atoms with van der Waals surface area (Å²) in [6, 6.07) is 7.75. The number of carbonyl (C=O) groups is 2. The molecule has 4 heteroatoms. The molecule has 0 radical (unpaired) electrons. The lowest BCUT2D eigenvalue weighted by Crippen LogP contribution is -2.14. The Hall–Kier alpha value is -1.84. The number of aryl methyl sites for hydroxylation is 1. The van der Waals surface area contributed by atoms with E-state index in [4.69, 9.17) is 4.74 Å². The standard InChI is InChI=1S/C17H25NO3/c1-4-14-8-5-6-9-15(14)18-16(19)10-7-11-17(20)21-12-13(2)3/h5-6,8-9,13H,4,7,10-12H2,1-3H3,(H,18,19). The fourth-order valence-corrected chi connectivity index (χ4v) is 1.89. The summed E-state index contributed by atoms with van der Waals surface area (Å²) in [7, 11) is 0. The molecule has 0 heterocycles. The van der Waals surface area contributed by atoms with Gasteiger partial charge < -0.3 is 10.1 Å². The SMILES string of the molecule is CCc1ccccc1NC(=O)CCCC(=O)OCC(C)C. The smallest absolute Gasteiger partial charge is 0.305 e. The molecule has 1 aromatic carbocycles. The van der Waals surface area contributed by atoms with Gasteiger partial charge in [-0.2, -0.15) is 0 Å². The summed E-state index contributed by atoms with van der Waals surface area (Å²) in [4.78, 5) is 23.3. The van der Waals surface area contributed by atoms with Gasteiger partial charge in [-0.05, 0) is 30.4 Å². The molecule has 0 fully saturated rings. The first-order chi connectivity index (χ1) is 10.0. The van der Waals surface area contributed by atoms with Crippen molar-refractivity contribution in [3.05, 3.63) is 29.8 Å². The van der Waals surface area contributed by atoms with Crippen LogP contribution in [0.3, 0.4) is 0 Å². The van der Waals surface area contributed by atoms with Gasteiger partial charge in [-0.1, -0.05) is 39.0 Å². The lowest BCUT2D eigenvalue weighted by Gasteiger charge is -2.10. The van der Waals surface area contributed by atoms with Crippen molar-refractivity contribution in [3.63, 3.8) is 0 Å². The van der Waals surface area contributed by atoms with Crippen molar-refractivity contribution in [2.45, 2.75) is 46.5 Å². The molecule has 1 amide bonds. The molecule has 0 bridgehead atoms. The molecule has 0 aliphatic rings. The molecule has 0 aliphatic heterocycles. The number of anilines is 1. The van der Waals surface area contributed by atoms with Crippen LogP contribution in [0.2, 0.25) is 0 Å². The summed E-state index contributed by atoms with van der Waals surface area (Å²) >= 11 is 0. The molecule has 1 rings (SSSR count). The third kappa shape index (κ3) is 6.93. The lowest BCUT2D eigenvalue weighted by atomic mass is 10.1. The molecule has 0 saturated heterocycles. The van der Waals surface area contributed by atoms with Gasteiger partial charge in [0.05, 0.1) is 6.61 Å². The van der Waals surface area contributed by atoms with Crippen LogP contribution in [-0.4, -0.2) is 18.5 Å². The predicted octanol–water partition coefficient (Wildman–Crippen LogP) is 3.56. The molecule has 0 aromatic heterocycles. The molecule has 21 heavy (non-hydrogen) atoms. The Morgan fingerprint density at radius 3 is 2.57 bits per heavy atom. The summed E-state index contributed by atoms with van der Waals surface area (Å²) in [5.74, 6) is 0.0424. The Bertz CT molecular complexity index is 469. The molecule has 1 N–H and O–H groups in total. The maximum Gasteiger partial charge on any atom is 0.305 e. The van der Waals surface area contributed by atoms with Gasteiger partial charge in [-0.15, -0.1) is 0 Å². The number of rotatable bonds is 8. The third-order valence-electron chi connectivity index (χ3n) is 3.03. The quantitative estimate of drug-likeness (QED) is 0.745. The Balaban J connectivity index is 2.30. The number of hydrogen-bond donors (Lipinski definition) is 1. The Kier molecular flexibility index (Phi) is 7.51. The highest BCUT2D eigenvalue weighted by Crippen LogP contribution is 2.16. The number of ether oxygens (including phenoxy) is 1. The van der Waals surface area contributed by atoms with Crippen LogP contribution in [0.5, 0.6) is 0 Å². The van der Waals surface area contributed by atoms with E-state index in [9.17, 15) is 9.59 Å². The van der Waals surface area contributed by atoms with Gasteiger partial charge in [0.25, 0.3) is 0 Å². The van der Waals surface area contributed by atoms with Crippen LogP contribution >= 0.6 is 0 Å². The van der Waals surface area contributed by atoms with E-state index in [0.717, 1.165) is 17.7 Å². The van der Waals surface area contributed by atoms with Gasteiger partial charge in [0.15, 0.2) is 0 Å². The van der Waals surface area contributed by atoms with Crippen LogP contribution < -0.4 is 5.32 Å². The fourth-order valence-electron chi connectivity index (χ4n) is 1.89. The van der Waals surface area contributed by atoms with E-state index >= 15 is 0 Å². The fraction of sp³-hybridized carbons (Fsp3) is 0.529. The van der Waals surface area contributed by atoms with Gasteiger partial charge in [-0.25, -0.2) is 0 Å². The van der Waals surface area contributed by atoms with Gasteiger partial charge in [-0.3, -0.25) is 9.59 Å². The first-order valence-corrected chi connectivity index (χ1v) is 7.56. The number of carbonyl (C=O) groups excluding carboxylic acids is 2. The maximum absolute atomic E-state index is 11.9. The zero-order chi connectivity index (χ0) is 15.7. The normalized spacial score (nSPS) is 10.5. The van der Waals surface area contributed by atoms with E-state index in [1.165, 1.54) is 0 Å². The third-order valence-corrected chi connectivity index (χ3v) is 3.03. The van der Waals surface area contributed by atoms with E-state index in [1.807, 2.05) is 38.1 Å². The lowest BCUT2D eigenvalue weighted by molar-refractivity contribution is -0.144. The van der Waals surface area contributed by atoms with Crippen molar-refractivity contribution in [2.75, 3.05) is 11.9 Å². The minimum Gasteiger partial charge on any atom is -0.465 e. The van der Waals surface area contributed by atoms with Crippen molar-refractivity contribution in [1.82, 2.24) is 0 Å². The highest BCUT2D eigenvalue weighted by atomic mass is 16.5. The largest absolute Gasteiger partial charge is 0.465 e. The number of hydrogen-bond acceptors (Lipinski definition) is 3. The van der Waals surface area contributed by atoms with Crippen LogP contribution in [0.4, 0.5) is 5.69 Å². The van der Waals surface area contributed by atoms with Crippen LogP contribution in [0, 0.1) is 5.92 Å². The molecule has 1 aromatic rings. The van der Waals surface area contributed by atoms with Gasteiger partial charge in [0.2, 0.25) is 5.91 Å². The van der Waals surface area contributed by atoms with Gasteiger partial charge in [0.1, 0.15) is 0 Å². The Morgan fingerprint density at radius 2 is 1.90 bits per heavy atom. The van der Waals surface area contributed by atoms with Crippen molar-refractivity contribution < 1.29 is 14.3 Å². The molecule has 0 saturated carbocycles. The van der Waals surface area contributed by atoms with E-state index in [-0.39, 0.29) is 18.3 Å². The maximum atomic E-state index is 11.9. The van der Waals surface area contributed by atoms with E-state index in [0.29, 0.717) is 25.4 Å². The zero-order valence-corrected chi connectivity index (χ0v) is 13.1. The number of nitrogens with one attached hydrogen (secondary N) is 1. The summed E-state index contributed by atoms with van der Waals surface area (Å²) < 4.78 is 5.07. The van der Waals surface area contributed by atoms with Gasteiger partial charge >= 0.3 is 5.97 Å². The van der Waals surface area contributed by atoms with Crippen molar-refractivity contribution in [3.8, 4) is 0 Å². The second kappa shape index (κ2) is 9.16. The number of amides is 1. The zero-order valence-electron chi connectivity index (χ0n) is 13.1.